The molecule has 10 heteroatoms. The molecule has 2 atom stereocenters. The molecule has 7 nitrogen and oxygen atoms in total. The zero-order valence-electron chi connectivity index (χ0n) is 20.7. The highest BCUT2D eigenvalue weighted by molar-refractivity contribution is 6.66. The summed E-state index contributed by atoms with van der Waals surface area (Å²) >= 11 is 6.57. The number of benzene rings is 2. The van der Waals surface area contributed by atoms with Crippen molar-refractivity contribution < 1.29 is 32.7 Å². The molecule has 4 rings (SSSR count). The lowest BCUT2D eigenvalue weighted by Crippen LogP contribution is -2.45. The Morgan fingerprint density at radius 1 is 1.17 bits per heavy atom. The van der Waals surface area contributed by atoms with E-state index in [-0.39, 0.29) is 24.0 Å². The number of rotatable bonds is 6. The first-order valence-corrected chi connectivity index (χ1v) is 11.8. The van der Waals surface area contributed by atoms with Crippen LogP contribution in [0.15, 0.2) is 36.4 Å². The number of hydrogen-bond donors (Lipinski definition) is 1. The van der Waals surface area contributed by atoms with Crippen molar-refractivity contribution in [2.75, 3.05) is 27.4 Å². The quantitative estimate of drug-likeness (QED) is 0.595. The lowest BCUT2D eigenvalue weighted by Gasteiger charge is -2.34. The first-order chi connectivity index (χ1) is 16.5. The van der Waals surface area contributed by atoms with Crippen LogP contribution in [0.5, 0.6) is 5.75 Å². The van der Waals surface area contributed by atoms with E-state index < -0.39 is 41.7 Å². The summed E-state index contributed by atoms with van der Waals surface area (Å²) in [6.45, 7) is 7.67. The fourth-order valence-electron chi connectivity index (χ4n) is 4.59. The topological polar surface area (TPSA) is 75.3 Å². The largest absolute Gasteiger partial charge is 0.496 e. The van der Waals surface area contributed by atoms with Gasteiger partial charge in [0, 0.05) is 31.3 Å². The zero-order chi connectivity index (χ0) is 25.6. The summed E-state index contributed by atoms with van der Waals surface area (Å²) in [6, 6.07) is 10.6. The Labute approximate surface area is 210 Å². The normalized spacial score (nSPS) is 24.1. The van der Waals surface area contributed by atoms with Gasteiger partial charge in [0.05, 0.1) is 28.7 Å². The van der Waals surface area contributed by atoms with E-state index in [1.54, 1.807) is 7.11 Å². The van der Waals surface area contributed by atoms with Crippen molar-refractivity contribution >= 4 is 30.3 Å². The molecular weight excluding hydrogens is 476 g/mol. The van der Waals surface area contributed by atoms with E-state index in [1.807, 2.05) is 58.0 Å². The van der Waals surface area contributed by atoms with Crippen LogP contribution in [-0.4, -0.2) is 51.8 Å². The summed E-state index contributed by atoms with van der Waals surface area (Å²) in [6.07, 6.45) is -0.619. The van der Waals surface area contributed by atoms with Crippen molar-refractivity contribution in [3.05, 3.63) is 58.4 Å². The Hall–Kier alpha value is -2.33. The Balaban J connectivity index is 1.91. The number of methoxy groups -OCH3 is 1. The van der Waals surface area contributed by atoms with Gasteiger partial charge in [-0.3, -0.25) is 0 Å². The summed E-state index contributed by atoms with van der Waals surface area (Å²) in [5.74, 6) is -0.924. The molecule has 0 spiro atoms. The molecule has 0 aromatic heterocycles. The summed E-state index contributed by atoms with van der Waals surface area (Å²) in [5, 5.41) is 2.34. The van der Waals surface area contributed by atoms with E-state index in [0.717, 1.165) is 5.56 Å². The maximum atomic E-state index is 15.2. The van der Waals surface area contributed by atoms with E-state index in [1.165, 1.54) is 13.1 Å². The highest BCUT2D eigenvalue weighted by Gasteiger charge is 2.58. The van der Waals surface area contributed by atoms with Gasteiger partial charge in [-0.1, -0.05) is 41.9 Å². The van der Waals surface area contributed by atoms with Gasteiger partial charge in [-0.05, 0) is 33.3 Å². The monoisotopic (exact) mass is 505 g/mol. The van der Waals surface area contributed by atoms with E-state index in [9.17, 15) is 4.79 Å². The van der Waals surface area contributed by atoms with Crippen molar-refractivity contribution in [3.63, 3.8) is 0 Å². The number of ether oxygens (including phenoxy) is 3. The fourth-order valence-corrected chi connectivity index (χ4v) is 4.84. The minimum absolute atomic E-state index is 0.108. The van der Waals surface area contributed by atoms with Crippen molar-refractivity contribution in [3.8, 4) is 5.75 Å². The average molecular weight is 506 g/mol. The summed E-state index contributed by atoms with van der Waals surface area (Å²) < 4.78 is 45.3. The summed E-state index contributed by atoms with van der Waals surface area (Å²) in [7, 11) is 2.10. The van der Waals surface area contributed by atoms with Crippen molar-refractivity contribution in [2.24, 2.45) is 0 Å². The number of carbonyl (C=O) groups is 1. The first kappa shape index (κ1) is 25.8. The molecule has 0 unspecified atom stereocenters. The Morgan fingerprint density at radius 3 is 2.37 bits per heavy atom. The lowest BCUT2D eigenvalue weighted by molar-refractivity contribution is -0.0230. The van der Waals surface area contributed by atoms with Crippen LogP contribution in [0.1, 0.15) is 44.7 Å². The molecule has 0 radical (unpaired) electrons. The SMILES string of the molecule is CNC(=O)OC[C@]1(c2ccccc2)Oc2cc(F)c(Cl)c(B3OC(C)(C)C(C)(C)O3)c2[C@@H]1COC. The van der Waals surface area contributed by atoms with Gasteiger partial charge < -0.3 is 28.8 Å². The standard InChI is InChI=1S/C25H30BClFNO6/c1-23(2)24(3,4)35-26(34-23)20-19-16(13-31-6)25(14-32-22(30)29-5,15-10-8-7-9-11-15)33-18(19)12-17(28)21(20)27/h7-12,16H,13-14H2,1-6H3,(H,29,30)/t16-,25+/m0/s1. The van der Waals surface area contributed by atoms with Crippen LogP contribution in [0, 0.1) is 5.82 Å². The number of halogens is 2. The van der Waals surface area contributed by atoms with Gasteiger partial charge in [-0.15, -0.1) is 0 Å². The number of amides is 1. The van der Waals surface area contributed by atoms with E-state index in [2.05, 4.69) is 5.32 Å². The van der Waals surface area contributed by atoms with Crippen LogP contribution in [0.4, 0.5) is 9.18 Å². The Kier molecular flexibility index (Phi) is 6.83. The second-order valence-corrected chi connectivity index (χ2v) is 10.2. The Morgan fingerprint density at radius 2 is 1.80 bits per heavy atom. The molecule has 0 aliphatic carbocycles. The molecule has 35 heavy (non-hydrogen) atoms. The van der Waals surface area contributed by atoms with Crippen LogP contribution < -0.4 is 15.5 Å². The molecule has 2 aromatic rings. The van der Waals surface area contributed by atoms with Gasteiger partial charge in [0.1, 0.15) is 18.2 Å². The van der Waals surface area contributed by atoms with E-state index in [4.69, 9.17) is 35.1 Å². The van der Waals surface area contributed by atoms with Gasteiger partial charge in [0.25, 0.3) is 0 Å². The van der Waals surface area contributed by atoms with Crippen LogP contribution in [-0.2, 0) is 24.4 Å². The second kappa shape index (κ2) is 9.28. The molecule has 2 aromatic carbocycles. The third-order valence-corrected chi connectivity index (χ3v) is 7.55. The highest BCUT2D eigenvalue weighted by atomic mass is 35.5. The van der Waals surface area contributed by atoms with Crippen LogP contribution in [0.2, 0.25) is 5.02 Å². The molecule has 1 saturated heterocycles. The van der Waals surface area contributed by atoms with Crippen LogP contribution in [0.25, 0.3) is 0 Å². The number of carbonyl (C=O) groups excluding carboxylic acids is 1. The molecule has 1 amide bonds. The van der Waals surface area contributed by atoms with Crippen molar-refractivity contribution in [1.82, 2.24) is 5.32 Å². The number of alkyl carbamates (subject to hydrolysis) is 1. The third kappa shape index (κ3) is 4.29. The van der Waals surface area contributed by atoms with Crippen LogP contribution in [0.3, 0.4) is 0 Å². The van der Waals surface area contributed by atoms with Gasteiger partial charge in [0.2, 0.25) is 0 Å². The van der Waals surface area contributed by atoms with Gasteiger partial charge >= 0.3 is 13.2 Å². The maximum absolute atomic E-state index is 15.2. The second-order valence-electron chi connectivity index (χ2n) is 9.78. The molecular formula is C25H30BClFNO6. The minimum Gasteiger partial charge on any atom is -0.478 e. The predicted octanol–water partition coefficient (Wildman–Crippen LogP) is 4.15. The molecule has 2 aliphatic heterocycles. The maximum Gasteiger partial charge on any atom is 0.496 e. The van der Waals surface area contributed by atoms with Crippen LogP contribution >= 0.6 is 11.6 Å². The number of nitrogens with one attached hydrogen (secondary N) is 1. The highest BCUT2D eigenvalue weighted by Crippen LogP contribution is 2.52. The van der Waals surface area contributed by atoms with Crippen molar-refractivity contribution in [2.45, 2.75) is 50.4 Å². The van der Waals surface area contributed by atoms with Gasteiger partial charge in [-0.25, -0.2) is 9.18 Å². The predicted molar refractivity (Wildman–Crippen MR) is 131 cm³/mol. The first-order valence-electron chi connectivity index (χ1n) is 11.4. The zero-order valence-corrected chi connectivity index (χ0v) is 21.5. The molecule has 188 valence electrons. The molecule has 0 saturated carbocycles. The number of hydrogen-bond acceptors (Lipinski definition) is 6. The number of fused-ring (bicyclic) bond motifs is 1. The van der Waals surface area contributed by atoms with E-state index >= 15 is 4.39 Å². The third-order valence-electron chi connectivity index (χ3n) is 7.17. The molecule has 2 heterocycles. The molecule has 1 N–H and O–H groups in total. The molecule has 2 aliphatic rings. The van der Waals surface area contributed by atoms with Gasteiger partial charge in [-0.2, -0.15) is 0 Å². The van der Waals surface area contributed by atoms with Crippen molar-refractivity contribution in [1.29, 1.82) is 0 Å². The summed E-state index contributed by atoms with van der Waals surface area (Å²) in [5.41, 5.74) is -0.869. The smallest absolute Gasteiger partial charge is 0.478 e. The minimum atomic E-state index is -1.21. The summed E-state index contributed by atoms with van der Waals surface area (Å²) in [4.78, 5) is 12.1. The molecule has 0 bridgehead atoms. The van der Waals surface area contributed by atoms with Gasteiger partial charge in [0.15, 0.2) is 5.60 Å². The average Bonchev–Trinajstić information content (AvgIpc) is 3.23. The molecule has 1 fully saturated rings. The van der Waals surface area contributed by atoms with E-state index in [0.29, 0.717) is 11.0 Å². The fraction of sp³-hybridized carbons (Fsp3) is 0.480. The lowest BCUT2D eigenvalue weighted by atomic mass is 9.69. The Bertz CT molecular complexity index is 1100.